The third kappa shape index (κ3) is 5.74. The molecule has 1 N–H and O–H groups in total. The average Bonchev–Trinajstić information content (AvgIpc) is 2.71. The predicted molar refractivity (Wildman–Crippen MR) is 119 cm³/mol. The number of hydrogen-bond donors (Lipinski definition) is 1. The third-order valence-corrected chi connectivity index (χ3v) is 7.28. The number of rotatable bonds is 5. The number of hydrogen-bond acceptors (Lipinski definition) is 3. The van der Waals surface area contributed by atoms with Gasteiger partial charge < -0.3 is 5.32 Å². The Hall–Kier alpha value is -1.57. The van der Waals surface area contributed by atoms with Gasteiger partial charge in [-0.25, -0.2) is 8.42 Å². The van der Waals surface area contributed by atoms with Crippen molar-refractivity contribution in [3.8, 4) is 0 Å². The molecule has 2 aromatic carbocycles. The standard InChI is InChI=1S/C20H19Cl3N2O3S/c21-16-12-18(23)19(13-17(16)22)24-20(26)15-6-9-25(10-7-15)29(27,28)11-8-14-4-2-1-3-5-14/h1-5,8,11-13,15H,6-7,9-10H2,(H,24,26)/b11-8+. The molecule has 0 aliphatic carbocycles. The third-order valence-electron chi connectivity index (χ3n) is 4.68. The quantitative estimate of drug-likeness (QED) is 0.599. The Bertz CT molecular complexity index is 1020. The number of carbonyl (C=O) groups is 1. The summed E-state index contributed by atoms with van der Waals surface area (Å²) in [6.07, 6.45) is 2.41. The highest BCUT2D eigenvalue weighted by Gasteiger charge is 2.30. The normalized spacial score (nSPS) is 16.2. The molecule has 0 atom stereocenters. The molecule has 1 saturated heterocycles. The molecule has 1 aliphatic heterocycles. The van der Waals surface area contributed by atoms with Gasteiger partial charge in [0.2, 0.25) is 15.9 Å². The van der Waals surface area contributed by atoms with E-state index in [1.165, 1.54) is 21.8 Å². The molecule has 0 bridgehead atoms. The summed E-state index contributed by atoms with van der Waals surface area (Å²) in [6, 6.07) is 12.2. The van der Waals surface area contributed by atoms with Crippen LogP contribution in [0.3, 0.4) is 0 Å². The van der Waals surface area contributed by atoms with E-state index >= 15 is 0 Å². The van der Waals surface area contributed by atoms with Crippen LogP contribution in [0.1, 0.15) is 18.4 Å². The fourth-order valence-electron chi connectivity index (χ4n) is 3.04. The number of amides is 1. The van der Waals surface area contributed by atoms with Gasteiger partial charge in [0.15, 0.2) is 0 Å². The van der Waals surface area contributed by atoms with Crippen molar-refractivity contribution < 1.29 is 13.2 Å². The summed E-state index contributed by atoms with van der Waals surface area (Å²) in [5.74, 6) is -0.535. The second-order valence-electron chi connectivity index (χ2n) is 6.67. The average molecular weight is 474 g/mol. The molecule has 1 amide bonds. The Morgan fingerprint density at radius 1 is 1.00 bits per heavy atom. The van der Waals surface area contributed by atoms with E-state index in [0.29, 0.717) is 28.6 Å². The molecule has 0 unspecified atom stereocenters. The van der Waals surface area contributed by atoms with Crippen molar-refractivity contribution in [3.63, 3.8) is 0 Å². The summed E-state index contributed by atoms with van der Waals surface area (Å²) >= 11 is 18.0. The maximum atomic E-state index is 12.6. The summed E-state index contributed by atoms with van der Waals surface area (Å²) in [4.78, 5) is 12.6. The van der Waals surface area contributed by atoms with Crippen LogP contribution in [-0.2, 0) is 14.8 Å². The lowest BCUT2D eigenvalue weighted by Gasteiger charge is -2.29. The van der Waals surface area contributed by atoms with Gasteiger partial charge in [0.05, 0.1) is 20.8 Å². The van der Waals surface area contributed by atoms with Crippen molar-refractivity contribution in [3.05, 3.63) is 68.5 Å². The van der Waals surface area contributed by atoms with Gasteiger partial charge >= 0.3 is 0 Å². The molecule has 29 heavy (non-hydrogen) atoms. The molecular weight excluding hydrogens is 455 g/mol. The van der Waals surface area contributed by atoms with Crippen molar-refractivity contribution in [1.82, 2.24) is 4.31 Å². The van der Waals surface area contributed by atoms with E-state index in [4.69, 9.17) is 34.8 Å². The van der Waals surface area contributed by atoms with Crippen LogP contribution in [0.2, 0.25) is 15.1 Å². The lowest BCUT2D eigenvalue weighted by Crippen LogP contribution is -2.40. The zero-order chi connectivity index (χ0) is 21.0. The highest BCUT2D eigenvalue weighted by Crippen LogP contribution is 2.33. The minimum absolute atomic E-state index is 0.220. The number of carbonyl (C=O) groups excluding carboxylic acids is 1. The number of benzene rings is 2. The molecule has 3 rings (SSSR count). The largest absolute Gasteiger partial charge is 0.324 e. The maximum Gasteiger partial charge on any atom is 0.236 e. The molecule has 2 aromatic rings. The number of nitrogens with zero attached hydrogens (tertiary/aromatic N) is 1. The fourth-order valence-corrected chi connectivity index (χ4v) is 4.86. The number of sulfonamides is 1. The first kappa shape index (κ1) is 22.1. The van der Waals surface area contributed by atoms with Crippen LogP contribution in [0.25, 0.3) is 6.08 Å². The van der Waals surface area contributed by atoms with Gasteiger partial charge in [-0.2, -0.15) is 4.31 Å². The first-order valence-electron chi connectivity index (χ1n) is 8.95. The number of piperidine rings is 1. The molecule has 0 aromatic heterocycles. The van der Waals surface area contributed by atoms with E-state index < -0.39 is 10.0 Å². The molecular formula is C20H19Cl3N2O3S. The summed E-state index contributed by atoms with van der Waals surface area (Å²) in [7, 11) is -3.54. The minimum atomic E-state index is -3.54. The number of nitrogens with one attached hydrogen (secondary N) is 1. The topological polar surface area (TPSA) is 66.5 Å². The molecule has 1 fully saturated rings. The van der Waals surface area contributed by atoms with E-state index in [0.717, 1.165) is 5.56 Å². The highest BCUT2D eigenvalue weighted by molar-refractivity contribution is 7.92. The summed E-state index contributed by atoms with van der Waals surface area (Å²) in [5.41, 5.74) is 1.19. The van der Waals surface area contributed by atoms with Gasteiger partial charge in [-0.15, -0.1) is 0 Å². The maximum absolute atomic E-state index is 12.6. The fraction of sp³-hybridized carbons (Fsp3) is 0.250. The van der Waals surface area contributed by atoms with Gasteiger partial charge in [-0.05, 0) is 36.6 Å². The van der Waals surface area contributed by atoms with E-state index in [1.54, 1.807) is 6.08 Å². The van der Waals surface area contributed by atoms with Crippen LogP contribution < -0.4 is 5.32 Å². The van der Waals surface area contributed by atoms with E-state index in [2.05, 4.69) is 5.32 Å². The molecule has 0 saturated carbocycles. The van der Waals surface area contributed by atoms with E-state index in [1.807, 2.05) is 30.3 Å². The SMILES string of the molecule is O=C(Nc1cc(Cl)c(Cl)cc1Cl)C1CCN(S(=O)(=O)/C=C/c2ccccc2)CC1. The second kappa shape index (κ2) is 9.49. The molecule has 1 aliphatic rings. The Kier molecular flexibility index (Phi) is 7.24. The molecule has 1 heterocycles. The van der Waals surface area contributed by atoms with Crippen molar-refractivity contribution in [1.29, 1.82) is 0 Å². The first-order valence-corrected chi connectivity index (χ1v) is 11.6. The molecule has 5 nitrogen and oxygen atoms in total. The second-order valence-corrected chi connectivity index (χ2v) is 9.71. The van der Waals surface area contributed by atoms with Gasteiger partial charge in [-0.3, -0.25) is 4.79 Å². The summed E-state index contributed by atoms with van der Waals surface area (Å²) in [6.45, 7) is 0.545. The van der Waals surface area contributed by atoms with E-state index in [-0.39, 0.29) is 29.9 Å². The summed E-state index contributed by atoms with van der Waals surface area (Å²) < 4.78 is 26.5. The highest BCUT2D eigenvalue weighted by atomic mass is 35.5. The molecule has 154 valence electrons. The van der Waals surface area contributed by atoms with Crippen LogP contribution in [0, 0.1) is 5.92 Å². The Balaban J connectivity index is 1.59. The Labute approximate surface area is 185 Å². The monoisotopic (exact) mass is 472 g/mol. The predicted octanol–water partition coefficient (Wildman–Crippen LogP) is 5.30. The van der Waals surface area contributed by atoms with Gasteiger partial charge in [-0.1, -0.05) is 65.1 Å². The number of anilines is 1. The van der Waals surface area contributed by atoms with Crippen molar-refractivity contribution >= 4 is 62.5 Å². The van der Waals surface area contributed by atoms with Crippen LogP contribution in [0.5, 0.6) is 0 Å². The Morgan fingerprint density at radius 3 is 2.28 bits per heavy atom. The summed E-state index contributed by atoms with van der Waals surface area (Å²) in [5, 5.41) is 4.84. The van der Waals surface area contributed by atoms with Gasteiger partial charge in [0, 0.05) is 24.4 Å². The van der Waals surface area contributed by atoms with Crippen LogP contribution in [0.4, 0.5) is 5.69 Å². The van der Waals surface area contributed by atoms with Gasteiger partial charge in [0.25, 0.3) is 0 Å². The minimum Gasteiger partial charge on any atom is -0.324 e. The van der Waals surface area contributed by atoms with Crippen molar-refractivity contribution in [2.24, 2.45) is 5.92 Å². The zero-order valence-corrected chi connectivity index (χ0v) is 18.4. The molecule has 0 radical (unpaired) electrons. The first-order chi connectivity index (χ1) is 13.8. The van der Waals surface area contributed by atoms with Crippen molar-refractivity contribution in [2.75, 3.05) is 18.4 Å². The lowest BCUT2D eigenvalue weighted by molar-refractivity contribution is -0.120. The zero-order valence-electron chi connectivity index (χ0n) is 15.3. The lowest BCUT2D eigenvalue weighted by atomic mass is 9.97. The number of halogens is 3. The van der Waals surface area contributed by atoms with Crippen molar-refractivity contribution in [2.45, 2.75) is 12.8 Å². The van der Waals surface area contributed by atoms with Crippen LogP contribution in [0.15, 0.2) is 47.9 Å². The smallest absolute Gasteiger partial charge is 0.236 e. The molecule has 9 heteroatoms. The van der Waals surface area contributed by atoms with E-state index in [9.17, 15) is 13.2 Å². The van der Waals surface area contributed by atoms with Crippen LogP contribution in [-0.4, -0.2) is 31.7 Å². The van der Waals surface area contributed by atoms with Crippen LogP contribution >= 0.6 is 34.8 Å². The molecule has 0 spiro atoms. The van der Waals surface area contributed by atoms with Gasteiger partial charge in [0.1, 0.15) is 0 Å². The Morgan fingerprint density at radius 2 is 1.62 bits per heavy atom.